The summed E-state index contributed by atoms with van der Waals surface area (Å²) in [7, 11) is 0. The molecule has 136 valence electrons. The molecule has 1 saturated heterocycles. The van der Waals surface area contributed by atoms with E-state index in [9.17, 15) is 9.90 Å². The zero-order valence-electron chi connectivity index (χ0n) is 15.3. The number of aliphatic hydroxyl groups is 1. The van der Waals surface area contributed by atoms with Crippen LogP contribution < -0.4 is 0 Å². The number of rotatable bonds is 5. The van der Waals surface area contributed by atoms with Crippen LogP contribution in [0.5, 0.6) is 0 Å². The van der Waals surface area contributed by atoms with Crippen LogP contribution in [-0.4, -0.2) is 39.8 Å². The van der Waals surface area contributed by atoms with Crippen LogP contribution in [0.15, 0.2) is 5.38 Å². The van der Waals surface area contributed by atoms with Gasteiger partial charge in [0, 0.05) is 23.9 Å². The molecule has 1 aliphatic heterocycles. The predicted octanol–water partition coefficient (Wildman–Crippen LogP) is 4.09. The van der Waals surface area contributed by atoms with E-state index in [1.54, 1.807) is 11.3 Å². The quantitative estimate of drug-likeness (QED) is 0.865. The summed E-state index contributed by atoms with van der Waals surface area (Å²) in [5.41, 5.74) is 0.326. The second-order valence-corrected chi connectivity index (χ2v) is 8.51. The van der Waals surface area contributed by atoms with Crippen LogP contribution in [0.3, 0.4) is 0 Å². The number of aromatic nitrogens is 1. The van der Waals surface area contributed by atoms with E-state index in [2.05, 4.69) is 11.9 Å². The van der Waals surface area contributed by atoms with Gasteiger partial charge in [-0.3, -0.25) is 0 Å². The third-order valence-corrected chi connectivity index (χ3v) is 5.69. The number of amides is 1. The Morgan fingerprint density at radius 3 is 2.58 bits per heavy atom. The lowest BCUT2D eigenvalue weighted by molar-refractivity contribution is 0.0157. The van der Waals surface area contributed by atoms with Gasteiger partial charge in [0.2, 0.25) is 0 Å². The number of likely N-dealkylation sites (tertiary alicyclic amines) is 1. The van der Waals surface area contributed by atoms with Crippen molar-refractivity contribution in [1.82, 2.24) is 9.88 Å². The number of thiazole rings is 1. The fourth-order valence-corrected chi connectivity index (χ4v) is 4.25. The van der Waals surface area contributed by atoms with E-state index in [0.29, 0.717) is 13.1 Å². The van der Waals surface area contributed by atoms with Crippen molar-refractivity contribution in [3.8, 4) is 0 Å². The molecule has 0 spiro atoms. The monoisotopic (exact) mass is 354 g/mol. The number of aliphatic hydroxyl groups excluding tert-OH is 1. The molecule has 2 heterocycles. The average Bonchev–Trinajstić information content (AvgIpc) is 3.01. The zero-order chi connectivity index (χ0) is 17.8. The van der Waals surface area contributed by atoms with E-state index in [4.69, 9.17) is 4.74 Å². The average molecular weight is 355 g/mol. The van der Waals surface area contributed by atoms with Crippen LogP contribution in [0.2, 0.25) is 0 Å². The minimum absolute atomic E-state index is 0.00953. The molecule has 0 saturated carbocycles. The first kappa shape index (κ1) is 19.2. The van der Waals surface area contributed by atoms with Crippen LogP contribution in [0, 0.1) is 0 Å². The molecule has 1 amide bonds. The van der Waals surface area contributed by atoms with Gasteiger partial charge in [0.15, 0.2) is 0 Å². The van der Waals surface area contributed by atoms with Crippen LogP contribution in [0.1, 0.15) is 70.5 Å². The van der Waals surface area contributed by atoms with Gasteiger partial charge < -0.3 is 14.7 Å². The van der Waals surface area contributed by atoms with Crippen molar-refractivity contribution >= 4 is 17.4 Å². The van der Waals surface area contributed by atoms with Crippen LogP contribution in [-0.2, 0) is 16.8 Å². The summed E-state index contributed by atoms with van der Waals surface area (Å²) in [5.74, 6) is 0. The number of hydrogen-bond acceptors (Lipinski definition) is 5. The van der Waals surface area contributed by atoms with Gasteiger partial charge in [-0.15, -0.1) is 11.3 Å². The van der Waals surface area contributed by atoms with Crippen LogP contribution in [0.25, 0.3) is 0 Å². The molecule has 0 aliphatic carbocycles. The predicted molar refractivity (Wildman–Crippen MR) is 96.3 cm³/mol. The highest BCUT2D eigenvalue weighted by Crippen LogP contribution is 2.41. The Balaban J connectivity index is 2.08. The van der Waals surface area contributed by atoms with Gasteiger partial charge in [-0.25, -0.2) is 9.78 Å². The summed E-state index contributed by atoms with van der Waals surface area (Å²) in [6, 6.07) is 0. The molecule has 5 nitrogen and oxygen atoms in total. The standard InChI is InChI=1S/C18H30N2O3S/c1-5-6-7-18(15-19-14(12-21)13-24-15)8-10-20(11-9-18)16(22)23-17(2,3)4/h13,21H,5-12H2,1-4H3. The highest BCUT2D eigenvalue weighted by Gasteiger charge is 2.40. The van der Waals surface area contributed by atoms with E-state index in [0.717, 1.165) is 42.8 Å². The Hall–Kier alpha value is -1.14. The molecule has 1 N–H and O–H groups in total. The molecule has 2 rings (SSSR count). The van der Waals surface area contributed by atoms with Gasteiger partial charge in [0.05, 0.1) is 17.3 Å². The molecule has 1 aromatic heterocycles. The van der Waals surface area contributed by atoms with Gasteiger partial charge >= 0.3 is 6.09 Å². The fraction of sp³-hybridized carbons (Fsp3) is 0.778. The normalized spacial score (nSPS) is 17.8. The van der Waals surface area contributed by atoms with E-state index >= 15 is 0 Å². The summed E-state index contributed by atoms with van der Waals surface area (Å²) in [6.45, 7) is 9.28. The SMILES string of the molecule is CCCCC1(c2nc(CO)cs2)CCN(C(=O)OC(C)(C)C)CC1. The lowest BCUT2D eigenvalue weighted by Gasteiger charge is -2.41. The lowest BCUT2D eigenvalue weighted by atomic mass is 9.75. The summed E-state index contributed by atoms with van der Waals surface area (Å²) < 4.78 is 5.49. The molecule has 1 fully saturated rings. The third kappa shape index (κ3) is 4.70. The van der Waals surface area contributed by atoms with E-state index in [1.165, 1.54) is 0 Å². The first-order chi connectivity index (χ1) is 11.3. The lowest BCUT2D eigenvalue weighted by Crippen LogP contribution is -2.46. The van der Waals surface area contributed by atoms with Crippen molar-refractivity contribution < 1.29 is 14.6 Å². The molecule has 6 heteroatoms. The number of hydrogen-bond donors (Lipinski definition) is 1. The molecular formula is C18H30N2O3S. The maximum absolute atomic E-state index is 12.3. The first-order valence-electron chi connectivity index (χ1n) is 8.83. The second kappa shape index (κ2) is 7.83. The number of piperidine rings is 1. The summed E-state index contributed by atoms with van der Waals surface area (Å²) in [5, 5.41) is 12.4. The van der Waals surface area contributed by atoms with E-state index in [1.807, 2.05) is 31.1 Å². The van der Waals surface area contributed by atoms with Gasteiger partial charge in [0.25, 0.3) is 0 Å². The summed E-state index contributed by atoms with van der Waals surface area (Å²) >= 11 is 1.64. The van der Waals surface area contributed by atoms with Crippen molar-refractivity contribution in [2.75, 3.05) is 13.1 Å². The Labute approximate surface area is 149 Å². The van der Waals surface area contributed by atoms with Crippen molar-refractivity contribution in [2.45, 2.75) is 77.4 Å². The number of ether oxygens (including phenoxy) is 1. The fourth-order valence-electron chi connectivity index (χ4n) is 3.15. The second-order valence-electron chi connectivity index (χ2n) is 7.65. The van der Waals surface area contributed by atoms with Crippen molar-refractivity contribution in [3.05, 3.63) is 16.1 Å². The van der Waals surface area contributed by atoms with Gasteiger partial charge in [0.1, 0.15) is 5.60 Å². The smallest absolute Gasteiger partial charge is 0.410 e. The number of carbonyl (C=O) groups excluding carboxylic acids is 1. The van der Waals surface area contributed by atoms with Crippen molar-refractivity contribution in [1.29, 1.82) is 0 Å². The Morgan fingerprint density at radius 2 is 2.08 bits per heavy atom. The van der Waals surface area contributed by atoms with Crippen LogP contribution >= 0.6 is 11.3 Å². The molecule has 0 aromatic carbocycles. The highest BCUT2D eigenvalue weighted by molar-refractivity contribution is 7.09. The van der Waals surface area contributed by atoms with Crippen LogP contribution in [0.4, 0.5) is 4.79 Å². The molecule has 1 aromatic rings. The molecule has 0 unspecified atom stereocenters. The van der Waals surface area contributed by atoms with Crippen molar-refractivity contribution in [2.24, 2.45) is 0 Å². The molecule has 24 heavy (non-hydrogen) atoms. The van der Waals surface area contributed by atoms with Gasteiger partial charge in [-0.05, 0) is 40.0 Å². The molecule has 1 aliphatic rings. The minimum atomic E-state index is -0.459. The minimum Gasteiger partial charge on any atom is -0.444 e. The van der Waals surface area contributed by atoms with Crippen molar-refractivity contribution in [3.63, 3.8) is 0 Å². The summed E-state index contributed by atoms with van der Waals surface area (Å²) in [4.78, 5) is 18.7. The number of carbonyl (C=O) groups is 1. The zero-order valence-corrected chi connectivity index (χ0v) is 16.1. The topological polar surface area (TPSA) is 62.7 Å². The molecule has 0 bridgehead atoms. The Morgan fingerprint density at radius 1 is 1.42 bits per heavy atom. The number of unbranched alkanes of at least 4 members (excludes halogenated alkanes) is 1. The van der Waals surface area contributed by atoms with Gasteiger partial charge in [-0.2, -0.15) is 0 Å². The Bertz CT molecular complexity index is 543. The maximum Gasteiger partial charge on any atom is 0.410 e. The van der Waals surface area contributed by atoms with E-state index in [-0.39, 0.29) is 18.1 Å². The molecular weight excluding hydrogens is 324 g/mol. The van der Waals surface area contributed by atoms with Gasteiger partial charge in [-0.1, -0.05) is 19.8 Å². The molecule has 0 radical (unpaired) electrons. The van der Waals surface area contributed by atoms with E-state index < -0.39 is 5.60 Å². The largest absolute Gasteiger partial charge is 0.444 e. The summed E-state index contributed by atoms with van der Waals surface area (Å²) in [6.07, 6.45) is 4.98. The number of nitrogens with zero attached hydrogens (tertiary/aromatic N) is 2. The first-order valence-corrected chi connectivity index (χ1v) is 9.71. The Kier molecular flexibility index (Phi) is 6.26. The maximum atomic E-state index is 12.3. The third-order valence-electron chi connectivity index (χ3n) is 4.55. The molecule has 0 atom stereocenters. The highest BCUT2D eigenvalue weighted by atomic mass is 32.1.